The van der Waals surface area contributed by atoms with E-state index in [2.05, 4.69) is 33.9 Å². The molecule has 32 heavy (non-hydrogen) atoms. The summed E-state index contributed by atoms with van der Waals surface area (Å²) in [5.41, 5.74) is 1.35. The Morgan fingerprint density at radius 1 is 1.31 bits per heavy atom. The third kappa shape index (κ3) is 6.67. The molecule has 0 amide bonds. The highest BCUT2D eigenvalue weighted by Gasteiger charge is 2.22. The van der Waals surface area contributed by atoms with Crippen molar-refractivity contribution >= 4 is 28.2 Å². The molecule has 1 aliphatic rings. The lowest BCUT2D eigenvalue weighted by Gasteiger charge is -2.28. The lowest BCUT2D eigenvalue weighted by Crippen LogP contribution is -2.44. The summed E-state index contributed by atoms with van der Waals surface area (Å²) in [6, 6.07) is 7.64. The molecule has 1 fully saturated rings. The molecule has 1 aliphatic heterocycles. The van der Waals surface area contributed by atoms with Gasteiger partial charge in [0, 0.05) is 31.3 Å². The van der Waals surface area contributed by atoms with Crippen molar-refractivity contribution in [3.63, 3.8) is 0 Å². The highest BCUT2D eigenvalue weighted by Crippen LogP contribution is 2.20. The predicted octanol–water partition coefficient (Wildman–Crippen LogP) is 3.12. The molecule has 0 spiro atoms. The Kier molecular flexibility index (Phi) is 9.32. The number of pyridine rings is 1. The van der Waals surface area contributed by atoms with Gasteiger partial charge >= 0.3 is 0 Å². The van der Waals surface area contributed by atoms with Gasteiger partial charge in [-0.25, -0.2) is 0 Å². The van der Waals surface area contributed by atoms with E-state index in [1.54, 1.807) is 7.11 Å². The fraction of sp³-hybridized carbons (Fsp3) is 0.583. The zero-order valence-corrected chi connectivity index (χ0v) is 20.3. The second-order valence-electron chi connectivity index (χ2n) is 8.20. The molecule has 0 bridgehead atoms. The van der Waals surface area contributed by atoms with Crippen LogP contribution < -0.4 is 15.6 Å². The van der Waals surface area contributed by atoms with Crippen molar-refractivity contribution in [2.45, 2.75) is 45.8 Å². The quantitative estimate of drug-likeness (QED) is 0.394. The summed E-state index contributed by atoms with van der Waals surface area (Å²) in [4.78, 5) is 20.3. The van der Waals surface area contributed by atoms with Gasteiger partial charge in [-0.2, -0.15) is 0 Å². The Morgan fingerprint density at radius 3 is 2.81 bits per heavy atom. The maximum Gasteiger partial charge on any atom is 0.253 e. The molecule has 7 nitrogen and oxygen atoms in total. The molecular weight excluding hydrogens is 424 g/mol. The first-order valence-corrected chi connectivity index (χ1v) is 12.0. The third-order valence-corrected chi connectivity index (χ3v) is 6.45. The largest absolute Gasteiger partial charge is 0.497 e. The average Bonchev–Trinajstić information content (AvgIpc) is 3.32. The number of fused-ring (bicyclic) bond motifs is 1. The van der Waals surface area contributed by atoms with Gasteiger partial charge in [-0.3, -0.25) is 4.79 Å². The zero-order chi connectivity index (χ0) is 22.9. The number of H-pyrrole nitrogens is 1. The maximum absolute atomic E-state index is 12.8. The van der Waals surface area contributed by atoms with Gasteiger partial charge in [-0.1, -0.05) is 13.8 Å². The zero-order valence-electron chi connectivity index (χ0n) is 19.5. The Morgan fingerprint density at radius 2 is 2.12 bits per heavy atom. The van der Waals surface area contributed by atoms with Crippen LogP contribution in [0.4, 0.5) is 0 Å². The van der Waals surface area contributed by atoms with E-state index in [1.165, 1.54) is 0 Å². The second kappa shape index (κ2) is 12.2. The van der Waals surface area contributed by atoms with Gasteiger partial charge in [0.1, 0.15) is 5.75 Å². The van der Waals surface area contributed by atoms with Crippen molar-refractivity contribution in [1.82, 2.24) is 20.1 Å². The fourth-order valence-electron chi connectivity index (χ4n) is 4.08. The number of thiocarbonyl (C=S) groups is 1. The van der Waals surface area contributed by atoms with Crippen LogP contribution in [0.3, 0.4) is 0 Å². The molecule has 1 unspecified atom stereocenters. The minimum atomic E-state index is -0.104. The Labute approximate surface area is 196 Å². The number of nitrogens with one attached hydrogen (secondary N) is 2. The molecule has 0 radical (unpaired) electrons. The number of aromatic amines is 1. The highest BCUT2D eigenvalue weighted by atomic mass is 32.1. The highest BCUT2D eigenvalue weighted by molar-refractivity contribution is 7.80. The molecule has 1 saturated heterocycles. The van der Waals surface area contributed by atoms with Crippen molar-refractivity contribution in [1.29, 1.82) is 0 Å². The van der Waals surface area contributed by atoms with E-state index in [-0.39, 0.29) is 11.7 Å². The van der Waals surface area contributed by atoms with E-state index in [0.29, 0.717) is 23.8 Å². The summed E-state index contributed by atoms with van der Waals surface area (Å²) < 4.78 is 11.1. The number of aromatic nitrogens is 1. The van der Waals surface area contributed by atoms with Crippen LogP contribution in [0.25, 0.3) is 10.9 Å². The molecule has 1 aromatic heterocycles. The monoisotopic (exact) mass is 460 g/mol. The van der Waals surface area contributed by atoms with Crippen LogP contribution in [0, 0.1) is 0 Å². The molecule has 176 valence electrons. The van der Waals surface area contributed by atoms with Crippen LogP contribution in [-0.4, -0.2) is 72.4 Å². The maximum atomic E-state index is 12.8. The first-order valence-electron chi connectivity index (χ1n) is 11.6. The number of hydrogen-bond acceptors (Lipinski definition) is 5. The number of methoxy groups -OCH3 is 1. The molecule has 2 N–H and O–H groups in total. The predicted molar refractivity (Wildman–Crippen MR) is 134 cm³/mol. The molecule has 3 rings (SSSR count). The van der Waals surface area contributed by atoms with Gasteiger partial charge < -0.3 is 29.6 Å². The van der Waals surface area contributed by atoms with Crippen LogP contribution in [0.5, 0.6) is 5.75 Å². The normalized spacial score (nSPS) is 15.9. The Bertz CT molecular complexity index is 938. The fourth-order valence-corrected chi connectivity index (χ4v) is 4.32. The minimum Gasteiger partial charge on any atom is -0.497 e. The van der Waals surface area contributed by atoms with E-state index in [4.69, 9.17) is 21.7 Å². The van der Waals surface area contributed by atoms with Crippen LogP contribution in [-0.2, 0) is 11.3 Å². The minimum absolute atomic E-state index is 0.104. The van der Waals surface area contributed by atoms with E-state index in [0.717, 1.165) is 68.7 Å². The molecule has 0 aliphatic carbocycles. The van der Waals surface area contributed by atoms with Crippen LogP contribution >= 0.6 is 12.2 Å². The van der Waals surface area contributed by atoms with Gasteiger partial charge in [-0.05, 0) is 74.7 Å². The second-order valence-corrected chi connectivity index (χ2v) is 8.59. The molecule has 1 aromatic carbocycles. The summed E-state index contributed by atoms with van der Waals surface area (Å²) in [7, 11) is 1.62. The standard InChI is InChI=1S/C24H36N4O3S/c1-4-27(5-2)12-7-11-25-24(32)28(17-21-8-6-13-31-21)16-19-14-18-9-10-20(30-3)15-22(18)26-23(19)29/h9-10,14-15,21H,4-8,11-13,16-17H2,1-3H3,(H,25,32)(H,26,29). The molecule has 8 heteroatoms. The van der Waals surface area contributed by atoms with Crippen molar-refractivity contribution in [3.05, 3.63) is 40.2 Å². The summed E-state index contributed by atoms with van der Waals surface area (Å²) >= 11 is 5.73. The van der Waals surface area contributed by atoms with Crippen molar-refractivity contribution in [3.8, 4) is 5.75 Å². The lowest BCUT2D eigenvalue weighted by molar-refractivity contribution is 0.0896. The Balaban J connectivity index is 1.70. The van der Waals surface area contributed by atoms with E-state index >= 15 is 0 Å². The topological polar surface area (TPSA) is 69.8 Å². The van der Waals surface area contributed by atoms with Crippen LogP contribution in [0.2, 0.25) is 0 Å². The van der Waals surface area contributed by atoms with Crippen molar-refractivity contribution < 1.29 is 9.47 Å². The van der Waals surface area contributed by atoms with E-state index < -0.39 is 0 Å². The average molecular weight is 461 g/mol. The summed E-state index contributed by atoms with van der Waals surface area (Å²) in [5, 5.41) is 5.04. The Hall–Kier alpha value is -2.16. The van der Waals surface area contributed by atoms with Crippen LogP contribution in [0.1, 0.15) is 38.7 Å². The van der Waals surface area contributed by atoms with Crippen molar-refractivity contribution in [2.75, 3.05) is 46.4 Å². The first-order chi connectivity index (χ1) is 15.5. The molecular formula is C24H36N4O3S. The summed E-state index contributed by atoms with van der Waals surface area (Å²) in [5.74, 6) is 0.719. The smallest absolute Gasteiger partial charge is 0.253 e. The first kappa shape index (κ1) is 24.5. The molecule has 1 atom stereocenters. The van der Waals surface area contributed by atoms with Crippen molar-refractivity contribution in [2.24, 2.45) is 0 Å². The number of ether oxygens (including phenoxy) is 2. The molecule has 2 heterocycles. The SMILES string of the molecule is CCN(CC)CCCNC(=S)N(Cc1cc2ccc(OC)cc2[nH]c1=O)CC1CCCO1. The third-order valence-electron chi connectivity index (χ3n) is 6.05. The molecule has 2 aromatic rings. The summed E-state index contributed by atoms with van der Waals surface area (Å²) in [6.45, 7) is 10.3. The number of benzene rings is 1. The van der Waals surface area contributed by atoms with E-state index in [1.807, 2.05) is 24.3 Å². The van der Waals surface area contributed by atoms with Gasteiger partial charge in [0.05, 0.1) is 25.3 Å². The molecule has 0 saturated carbocycles. The van der Waals surface area contributed by atoms with Gasteiger partial charge in [-0.15, -0.1) is 0 Å². The summed E-state index contributed by atoms with van der Waals surface area (Å²) in [6.07, 6.45) is 3.26. The lowest BCUT2D eigenvalue weighted by atomic mass is 10.1. The number of hydrogen-bond donors (Lipinski definition) is 2. The van der Waals surface area contributed by atoms with Gasteiger partial charge in [0.25, 0.3) is 5.56 Å². The number of rotatable bonds is 11. The van der Waals surface area contributed by atoms with E-state index in [9.17, 15) is 4.79 Å². The van der Waals surface area contributed by atoms with Gasteiger partial charge in [0.2, 0.25) is 0 Å². The number of nitrogens with zero attached hydrogens (tertiary/aromatic N) is 2. The van der Waals surface area contributed by atoms with Crippen LogP contribution in [0.15, 0.2) is 29.1 Å². The van der Waals surface area contributed by atoms with Gasteiger partial charge in [0.15, 0.2) is 5.11 Å².